The maximum atomic E-state index is 9.93. The maximum absolute atomic E-state index is 9.93. The van der Waals surface area contributed by atoms with E-state index in [1.165, 1.54) is 5.56 Å². The first-order valence-corrected chi connectivity index (χ1v) is 11.1. The molecule has 3 heterocycles. The molecule has 1 atom stereocenters. The van der Waals surface area contributed by atoms with Gasteiger partial charge < -0.3 is 9.67 Å². The third-order valence-corrected chi connectivity index (χ3v) is 5.85. The Balaban J connectivity index is 2.21. The summed E-state index contributed by atoms with van der Waals surface area (Å²) in [7, 11) is 0. The van der Waals surface area contributed by atoms with Gasteiger partial charge in [-0.05, 0) is 61.4 Å². The number of aryl methyl sites for hydroxylation is 3. The highest BCUT2D eigenvalue weighted by atomic mass is 16.3. The molecule has 0 saturated carbocycles. The van der Waals surface area contributed by atoms with Crippen LogP contribution in [-0.4, -0.2) is 26.2 Å². The smallest absolute Gasteiger partial charge is 0.0917 e. The number of aliphatic hydroxyl groups excluding tert-OH is 1. The Labute approximate surface area is 175 Å². The SMILES string of the molecule is CCC[C@@H](CO)n1cc(C)c2nc(-c3ccc(C(C)C)nc3CC)c(CC)cc21. The third kappa shape index (κ3) is 4.09. The average molecular weight is 394 g/mol. The highest BCUT2D eigenvalue weighted by Crippen LogP contribution is 2.33. The second-order valence-electron chi connectivity index (χ2n) is 8.30. The Bertz CT molecular complexity index is 987. The fourth-order valence-electron chi connectivity index (χ4n) is 4.15. The molecule has 0 aliphatic heterocycles. The van der Waals surface area contributed by atoms with Crippen LogP contribution in [0.1, 0.15) is 81.9 Å². The highest BCUT2D eigenvalue weighted by Gasteiger charge is 2.19. The second-order valence-corrected chi connectivity index (χ2v) is 8.30. The van der Waals surface area contributed by atoms with Crippen molar-refractivity contribution in [3.63, 3.8) is 0 Å². The van der Waals surface area contributed by atoms with E-state index in [1.807, 2.05) is 0 Å². The lowest BCUT2D eigenvalue weighted by molar-refractivity contribution is 0.223. The van der Waals surface area contributed by atoms with Crippen molar-refractivity contribution < 1.29 is 5.11 Å². The lowest BCUT2D eigenvalue weighted by Gasteiger charge is -2.18. The standard InChI is InChI=1S/C25H35N3O/c1-7-10-19(15-29)28-14-17(6)24-23(28)13-18(8-2)25(27-24)20-11-12-22(16(4)5)26-21(20)9-3/h11-14,16,19,29H,7-10,15H2,1-6H3/t19-/m0/s1. The zero-order valence-electron chi connectivity index (χ0n) is 18.8. The summed E-state index contributed by atoms with van der Waals surface area (Å²) in [5.41, 5.74) is 9.00. The highest BCUT2D eigenvalue weighted by molar-refractivity contribution is 5.84. The van der Waals surface area contributed by atoms with Crippen LogP contribution in [0, 0.1) is 6.92 Å². The van der Waals surface area contributed by atoms with Crippen molar-refractivity contribution in [2.75, 3.05) is 6.61 Å². The molecule has 0 spiro atoms. The molecular formula is C25H35N3O. The van der Waals surface area contributed by atoms with Crippen molar-refractivity contribution in [3.05, 3.63) is 46.9 Å². The van der Waals surface area contributed by atoms with Crippen LogP contribution < -0.4 is 0 Å². The first kappa shape index (κ1) is 21.5. The maximum Gasteiger partial charge on any atom is 0.0917 e. The van der Waals surface area contributed by atoms with Gasteiger partial charge in [0.1, 0.15) is 0 Å². The number of rotatable bonds is 8. The molecule has 1 N–H and O–H groups in total. The number of aromatic nitrogens is 3. The number of fused-ring (bicyclic) bond motifs is 1. The van der Waals surface area contributed by atoms with Crippen LogP contribution in [-0.2, 0) is 12.8 Å². The molecule has 0 amide bonds. The minimum atomic E-state index is 0.103. The van der Waals surface area contributed by atoms with Crippen LogP contribution in [0.15, 0.2) is 24.4 Å². The van der Waals surface area contributed by atoms with Crippen molar-refractivity contribution in [3.8, 4) is 11.3 Å². The first-order chi connectivity index (χ1) is 13.9. The average Bonchev–Trinajstić information content (AvgIpc) is 3.05. The molecule has 156 valence electrons. The molecule has 29 heavy (non-hydrogen) atoms. The fraction of sp³-hybridized carbons (Fsp3) is 0.520. The molecule has 0 aliphatic rings. The van der Waals surface area contributed by atoms with Gasteiger partial charge >= 0.3 is 0 Å². The summed E-state index contributed by atoms with van der Waals surface area (Å²) in [5, 5.41) is 9.93. The molecule has 0 aliphatic carbocycles. The van der Waals surface area contributed by atoms with Crippen molar-refractivity contribution in [2.24, 2.45) is 0 Å². The van der Waals surface area contributed by atoms with Gasteiger partial charge in [-0.15, -0.1) is 0 Å². The Morgan fingerprint density at radius 2 is 1.83 bits per heavy atom. The molecule has 0 saturated heterocycles. The van der Waals surface area contributed by atoms with Gasteiger partial charge in [0.25, 0.3) is 0 Å². The topological polar surface area (TPSA) is 50.9 Å². The molecule has 3 rings (SSSR count). The molecule has 0 radical (unpaired) electrons. The molecule has 3 aromatic heterocycles. The van der Waals surface area contributed by atoms with Crippen LogP contribution in [0.5, 0.6) is 0 Å². The van der Waals surface area contributed by atoms with Crippen molar-refractivity contribution in [1.82, 2.24) is 14.5 Å². The van der Waals surface area contributed by atoms with Gasteiger partial charge in [-0.3, -0.25) is 4.98 Å². The van der Waals surface area contributed by atoms with Gasteiger partial charge in [0.2, 0.25) is 0 Å². The Kier molecular flexibility index (Phi) is 6.74. The molecule has 0 bridgehead atoms. The number of pyridine rings is 2. The van der Waals surface area contributed by atoms with E-state index >= 15 is 0 Å². The van der Waals surface area contributed by atoms with Gasteiger partial charge in [0.05, 0.1) is 29.4 Å². The van der Waals surface area contributed by atoms with Gasteiger partial charge in [0, 0.05) is 23.1 Å². The van der Waals surface area contributed by atoms with E-state index in [2.05, 4.69) is 70.5 Å². The van der Waals surface area contributed by atoms with Crippen LogP contribution in [0.3, 0.4) is 0 Å². The van der Waals surface area contributed by atoms with E-state index in [1.54, 1.807) is 0 Å². The minimum absolute atomic E-state index is 0.103. The second kappa shape index (κ2) is 9.08. The molecular weight excluding hydrogens is 358 g/mol. The molecule has 4 nitrogen and oxygen atoms in total. The number of aliphatic hydroxyl groups is 1. The van der Waals surface area contributed by atoms with Gasteiger partial charge in [-0.1, -0.05) is 41.0 Å². The molecule has 0 unspecified atom stereocenters. The Morgan fingerprint density at radius 1 is 1.07 bits per heavy atom. The summed E-state index contributed by atoms with van der Waals surface area (Å²) in [4.78, 5) is 10.1. The molecule has 0 aromatic carbocycles. The molecule has 0 fully saturated rings. The largest absolute Gasteiger partial charge is 0.394 e. The van der Waals surface area contributed by atoms with E-state index in [9.17, 15) is 5.11 Å². The number of hydrogen-bond acceptors (Lipinski definition) is 3. The predicted octanol–water partition coefficient (Wildman–Crippen LogP) is 5.99. The molecule has 3 aromatic rings. The van der Waals surface area contributed by atoms with Crippen LogP contribution in [0.25, 0.3) is 22.3 Å². The fourth-order valence-corrected chi connectivity index (χ4v) is 4.15. The monoisotopic (exact) mass is 393 g/mol. The summed E-state index contributed by atoms with van der Waals surface area (Å²) in [5.74, 6) is 0.417. The lowest BCUT2D eigenvalue weighted by atomic mass is 9.98. The van der Waals surface area contributed by atoms with Crippen molar-refractivity contribution in [1.29, 1.82) is 0 Å². The molecule has 4 heteroatoms. The minimum Gasteiger partial charge on any atom is -0.394 e. The zero-order valence-corrected chi connectivity index (χ0v) is 18.8. The zero-order chi connectivity index (χ0) is 21.1. The van der Waals surface area contributed by atoms with Gasteiger partial charge in [-0.25, -0.2) is 4.98 Å². The van der Waals surface area contributed by atoms with Crippen LogP contribution in [0.2, 0.25) is 0 Å². The lowest BCUT2D eigenvalue weighted by Crippen LogP contribution is -2.12. The van der Waals surface area contributed by atoms with Crippen LogP contribution >= 0.6 is 0 Å². The summed E-state index contributed by atoms with van der Waals surface area (Å²) < 4.78 is 2.23. The van der Waals surface area contributed by atoms with Crippen molar-refractivity contribution >= 4 is 11.0 Å². The van der Waals surface area contributed by atoms with E-state index < -0.39 is 0 Å². The summed E-state index contributed by atoms with van der Waals surface area (Å²) in [6.45, 7) is 13.1. The predicted molar refractivity (Wildman–Crippen MR) is 122 cm³/mol. The quantitative estimate of drug-likeness (QED) is 0.511. The van der Waals surface area contributed by atoms with Gasteiger partial charge in [0.15, 0.2) is 0 Å². The van der Waals surface area contributed by atoms with E-state index in [0.717, 1.165) is 64.9 Å². The van der Waals surface area contributed by atoms with Gasteiger partial charge in [-0.2, -0.15) is 0 Å². The Morgan fingerprint density at radius 3 is 2.41 bits per heavy atom. The number of hydrogen-bond donors (Lipinski definition) is 1. The van der Waals surface area contributed by atoms with Crippen LogP contribution in [0.4, 0.5) is 0 Å². The first-order valence-electron chi connectivity index (χ1n) is 11.1. The van der Waals surface area contributed by atoms with E-state index in [-0.39, 0.29) is 12.6 Å². The summed E-state index contributed by atoms with van der Waals surface area (Å²) in [6.07, 6.45) is 5.96. The third-order valence-electron chi connectivity index (χ3n) is 5.85. The number of nitrogens with zero attached hydrogens (tertiary/aromatic N) is 3. The summed E-state index contributed by atoms with van der Waals surface area (Å²) >= 11 is 0. The van der Waals surface area contributed by atoms with E-state index in [4.69, 9.17) is 9.97 Å². The Hall–Kier alpha value is -2.20. The normalized spacial score (nSPS) is 12.8. The summed E-state index contributed by atoms with van der Waals surface area (Å²) in [6, 6.07) is 6.73. The van der Waals surface area contributed by atoms with Crippen molar-refractivity contribution in [2.45, 2.75) is 79.2 Å². The van der Waals surface area contributed by atoms with E-state index in [0.29, 0.717) is 5.92 Å².